The second-order valence-corrected chi connectivity index (χ2v) is 6.10. The molecule has 0 unspecified atom stereocenters. The topological polar surface area (TPSA) is 0 Å². The number of hydrogen-bond acceptors (Lipinski definition) is 0. The molecule has 2 aromatic carbocycles. The molecule has 2 aromatic rings. The predicted molar refractivity (Wildman–Crippen MR) is 74.7 cm³/mol. The van der Waals surface area contributed by atoms with E-state index < -0.39 is 0 Å². The Labute approximate surface area is 105 Å². The molecule has 3 rings (SSSR count). The molecule has 0 aromatic heterocycles. The lowest BCUT2D eigenvalue weighted by Gasteiger charge is -2.29. The number of rotatable bonds is 2. The van der Waals surface area contributed by atoms with Crippen molar-refractivity contribution in [2.75, 3.05) is 6.16 Å². The van der Waals surface area contributed by atoms with Crippen LogP contribution >= 0.6 is 8.58 Å². The van der Waals surface area contributed by atoms with Crippen LogP contribution in [0.2, 0.25) is 0 Å². The maximum absolute atomic E-state index is 2.28. The minimum Gasteiger partial charge on any atom is -0.0643 e. The second kappa shape index (κ2) is 4.63. The van der Waals surface area contributed by atoms with Crippen LogP contribution < -0.4 is 0 Å². The molecule has 1 heterocycles. The molecule has 1 heteroatoms. The molecule has 0 bridgehead atoms. The van der Waals surface area contributed by atoms with Crippen LogP contribution in [0.4, 0.5) is 0 Å². The van der Waals surface area contributed by atoms with Crippen molar-refractivity contribution in [1.29, 1.82) is 0 Å². The molecule has 1 aliphatic rings. The van der Waals surface area contributed by atoms with E-state index in [2.05, 4.69) is 60.7 Å². The molecule has 0 nitrogen and oxygen atoms in total. The van der Waals surface area contributed by atoms with E-state index in [1.54, 1.807) is 8.58 Å². The lowest BCUT2D eigenvalue weighted by atomic mass is 9.87. The van der Waals surface area contributed by atoms with Crippen molar-refractivity contribution in [2.24, 2.45) is 0 Å². The average molecular weight is 239 g/mol. The summed E-state index contributed by atoms with van der Waals surface area (Å²) < 4.78 is 0. The van der Waals surface area contributed by atoms with Gasteiger partial charge in [-0.1, -0.05) is 69.2 Å². The summed E-state index contributed by atoms with van der Waals surface area (Å²) in [5.41, 5.74) is 2.95. The molecule has 0 spiro atoms. The highest BCUT2D eigenvalue weighted by atomic mass is 31.1. The Bertz CT molecular complexity index is 428. The minimum absolute atomic E-state index is 0.252. The first-order chi connectivity index (χ1) is 8.42. The second-order valence-electron chi connectivity index (χ2n) is 4.58. The van der Waals surface area contributed by atoms with Crippen molar-refractivity contribution >= 4 is 8.58 Å². The predicted octanol–water partition coefficient (Wildman–Crippen LogP) is 4.67. The molecular formula is C16H16P. The van der Waals surface area contributed by atoms with Crippen molar-refractivity contribution < 1.29 is 0 Å². The molecule has 0 saturated carbocycles. The Morgan fingerprint density at radius 2 is 1.29 bits per heavy atom. The monoisotopic (exact) mass is 239 g/mol. The van der Waals surface area contributed by atoms with Gasteiger partial charge in [-0.05, 0) is 30.1 Å². The summed E-state index contributed by atoms with van der Waals surface area (Å²) >= 11 is 0. The fourth-order valence-electron chi connectivity index (χ4n) is 2.75. The molecule has 1 radical (unpaired) electrons. The van der Waals surface area contributed by atoms with E-state index in [-0.39, 0.29) is 5.16 Å². The van der Waals surface area contributed by atoms with E-state index in [1.807, 2.05) is 0 Å². The first kappa shape index (κ1) is 11.0. The molecule has 0 amide bonds. The van der Waals surface area contributed by atoms with Crippen molar-refractivity contribution in [3.63, 3.8) is 0 Å². The summed E-state index contributed by atoms with van der Waals surface area (Å²) in [7, 11) is 1.56. The Hall–Kier alpha value is -1.13. The van der Waals surface area contributed by atoms with Crippen molar-refractivity contribution in [3.05, 3.63) is 71.8 Å². The van der Waals surface area contributed by atoms with Crippen LogP contribution in [0.1, 0.15) is 24.0 Å². The Balaban J connectivity index is 2.11. The zero-order valence-corrected chi connectivity index (χ0v) is 10.7. The van der Waals surface area contributed by atoms with Gasteiger partial charge in [-0.2, -0.15) is 0 Å². The van der Waals surface area contributed by atoms with E-state index in [1.165, 1.54) is 30.1 Å². The summed E-state index contributed by atoms with van der Waals surface area (Å²) in [6, 6.07) is 22.0. The summed E-state index contributed by atoms with van der Waals surface area (Å²) in [6.45, 7) is 0. The van der Waals surface area contributed by atoms with Gasteiger partial charge in [-0.3, -0.25) is 0 Å². The molecule has 1 fully saturated rings. The highest BCUT2D eigenvalue weighted by Crippen LogP contribution is 2.55. The van der Waals surface area contributed by atoms with Crippen LogP contribution in [0.15, 0.2) is 60.7 Å². The van der Waals surface area contributed by atoms with Crippen LogP contribution in [0.3, 0.4) is 0 Å². The van der Waals surface area contributed by atoms with E-state index in [0.717, 1.165) is 0 Å². The molecule has 85 valence electrons. The van der Waals surface area contributed by atoms with Crippen molar-refractivity contribution in [1.82, 2.24) is 0 Å². The highest BCUT2D eigenvalue weighted by molar-refractivity contribution is 7.40. The normalized spacial score (nSPS) is 19.5. The van der Waals surface area contributed by atoms with Crippen LogP contribution in [0.5, 0.6) is 0 Å². The molecule has 0 atom stereocenters. The first-order valence-corrected chi connectivity index (χ1v) is 7.29. The van der Waals surface area contributed by atoms with Crippen LogP contribution in [-0.4, -0.2) is 6.16 Å². The largest absolute Gasteiger partial charge is 0.0643 e. The maximum atomic E-state index is 2.28. The zero-order chi connectivity index (χ0) is 11.6. The molecule has 1 saturated heterocycles. The van der Waals surface area contributed by atoms with Crippen LogP contribution in [0.25, 0.3) is 0 Å². The Morgan fingerprint density at radius 1 is 0.765 bits per heavy atom. The third-order valence-electron chi connectivity index (χ3n) is 3.58. The van der Waals surface area contributed by atoms with Gasteiger partial charge in [0.05, 0.1) is 0 Å². The van der Waals surface area contributed by atoms with Crippen molar-refractivity contribution in [2.45, 2.75) is 18.0 Å². The lowest BCUT2D eigenvalue weighted by molar-refractivity contribution is 0.682. The van der Waals surface area contributed by atoms with E-state index in [9.17, 15) is 0 Å². The summed E-state index contributed by atoms with van der Waals surface area (Å²) in [4.78, 5) is 0. The quantitative estimate of drug-likeness (QED) is 0.668. The van der Waals surface area contributed by atoms with Crippen molar-refractivity contribution in [3.8, 4) is 0 Å². The van der Waals surface area contributed by atoms with E-state index in [4.69, 9.17) is 0 Å². The SMILES string of the molecule is c1ccc(C2(c3ccccc3)CCC[P]2)cc1. The fraction of sp³-hybridized carbons (Fsp3) is 0.250. The maximum Gasteiger partial charge on any atom is 0.0441 e. The summed E-state index contributed by atoms with van der Waals surface area (Å²) in [6.07, 6.45) is 3.94. The Morgan fingerprint density at radius 3 is 1.71 bits per heavy atom. The van der Waals surface area contributed by atoms with Gasteiger partial charge < -0.3 is 0 Å². The number of benzene rings is 2. The number of hydrogen-bond donors (Lipinski definition) is 0. The van der Waals surface area contributed by atoms with Gasteiger partial charge in [-0.15, -0.1) is 0 Å². The molecule has 0 aliphatic carbocycles. The molecular weight excluding hydrogens is 223 g/mol. The minimum atomic E-state index is 0.252. The van der Waals surface area contributed by atoms with Gasteiger partial charge in [-0.25, -0.2) is 0 Å². The highest BCUT2D eigenvalue weighted by Gasteiger charge is 2.37. The molecule has 0 N–H and O–H groups in total. The average Bonchev–Trinajstić information content (AvgIpc) is 2.91. The van der Waals surface area contributed by atoms with Gasteiger partial charge in [0.15, 0.2) is 0 Å². The fourth-order valence-corrected chi connectivity index (χ4v) is 4.43. The smallest absolute Gasteiger partial charge is 0.0441 e. The third-order valence-corrected chi connectivity index (χ3v) is 5.40. The molecule has 1 aliphatic heterocycles. The summed E-state index contributed by atoms with van der Waals surface area (Å²) in [5, 5.41) is 0.252. The summed E-state index contributed by atoms with van der Waals surface area (Å²) in [5.74, 6) is 0. The van der Waals surface area contributed by atoms with Gasteiger partial charge in [0.25, 0.3) is 0 Å². The standard InChI is InChI=1S/C16H16P/c1-3-8-14(9-4-1)16(12-7-13-17-16)15-10-5-2-6-11-15/h1-6,8-11H,7,12-13H2. The molecule has 17 heavy (non-hydrogen) atoms. The van der Waals surface area contributed by atoms with Gasteiger partial charge in [0.2, 0.25) is 0 Å². The van der Waals surface area contributed by atoms with Crippen LogP contribution in [-0.2, 0) is 5.16 Å². The third kappa shape index (κ3) is 1.91. The van der Waals surface area contributed by atoms with Gasteiger partial charge in [0.1, 0.15) is 0 Å². The van der Waals surface area contributed by atoms with Crippen LogP contribution in [0, 0.1) is 0 Å². The zero-order valence-electron chi connectivity index (χ0n) is 9.84. The first-order valence-electron chi connectivity index (χ1n) is 6.21. The van der Waals surface area contributed by atoms with Gasteiger partial charge >= 0.3 is 0 Å². The van der Waals surface area contributed by atoms with E-state index >= 15 is 0 Å². The van der Waals surface area contributed by atoms with Gasteiger partial charge in [0, 0.05) is 5.16 Å². The Kier molecular flexibility index (Phi) is 2.99. The van der Waals surface area contributed by atoms with E-state index in [0.29, 0.717) is 0 Å². The lowest BCUT2D eigenvalue weighted by Crippen LogP contribution is -2.18.